The van der Waals surface area contributed by atoms with Gasteiger partial charge >= 0.3 is 5.97 Å². The zero-order valence-electron chi connectivity index (χ0n) is 11.7. The number of ether oxygens (including phenoxy) is 1. The van der Waals surface area contributed by atoms with Gasteiger partial charge in [0.2, 0.25) is 5.24 Å². The zero-order valence-corrected chi connectivity index (χ0v) is 12.5. The average molecular weight is 309 g/mol. The molecule has 1 aliphatic carbocycles. The predicted molar refractivity (Wildman–Crippen MR) is 79.3 cm³/mol. The van der Waals surface area contributed by atoms with Crippen molar-refractivity contribution in [2.24, 2.45) is 5.92 Å². The molecule has 0 aromatic heterocycles. The number of aromatic hydroxyl groups is 1. The van der Waals surface area contributed by atoms with Crippen LogP contribution in [-0.4, -0.2) is 22.4 Å². The van der Waals surface area contributed by atoms with Gasteiger partial charge in [-0.3, -0.25) is 4.79 Å². The SMILES string of the molecule is C/C(=C/C1CCC(OC(=O)c2ccccc2O)C1)C(=O)Cl. The van der Waals surface area contributed by atoms with Crippen molar-refractivity contribution in [1.82, 2.24) is 0 Å². The smallest absolute Gasteiger partial charge is 0.342 e. The number of hydrogen-bond donors (Lipinski definition) is 1. The third-order valence-corrected chi connectivity index (χ3v) is 3.92. The van der Waals surface area contributed by atoms with Crippen molar-refractivity contribution in [2.75, 3.05) is 0 Å². The fourth-order valence-electron chi connectivity index (χ4n) is 2.51. The number of carbonyl (C=O) groups is 2. The van der Waals surface area contributed by atoms with Gasteiger partial charge < -0.3 is 9.84 Å². The average Bonchev–Trinajstić information content (AvgIpc) is 2.86. The van der Waals surface area contributed by atoms with Gasteiger partial charge in [0.15, 0.2) is 0 Å². The Morgan fingerprint density at radius 2 is 2.05 bits per heavy atom. The van der Waals surface area contributed by atoms with Crippen LogP contribution in [0.15, 0.2) is 35.9 Å². The standard InChI is InChI=1S/C16H17ClO4/c1-10(15(17)19)8-11-6-7-12(9-11)21-16(20)13-4-2-3-5-14(13)18/h2-5,8,11-12,18H,6-7,9H2,1H3/b10-8-. The van der Waals surface area contributed by atoms with Crippen LogP contribution in [-0.2, 0) is 9.53 Å². The number of carbonyl (C=O) groups excluding carboxylic acids is 2. The highest BCUT2D eigenvalue weighted by Gasteiger charge is 2.27. The molecular formula is C16H17ClO4. The van der Waals surface area contributed by atoms with Gasteiger partial charge in [0, 0.05) is 5.57 Å². The second-order valence-electron chi connectivity index (χ2n) is 5.24. The molecule has 0 saturated heterocycles. The van der Waals surface area contributed by atoms with E-state index < -0.39 is 11.2 Å². The van der Waals surface area contributed by atoms with Crippen molar-refractivity contribution >= 4 is 22.8 Å². The molecule has 112 valence electrons. The molecule has 0 heterocycles. The van der Waals surface area contributed by atoms with E-state index in [9.17, 15) is 14.7 Å². The monoisotopic (exact) mass is 308 g/mol. The van der Waals surface area contributed by atoms with Crippen LogP contribution in [0.3, 0.4) is 0 Å². The molecule has 21 heavy (non-hydrogen) atoms. The Labute approximate surface area is 128 Å². The quantitative estimate of drug-likeness (QED) is 0.526. The first-order valence-corrected chi connectivity index (χ1v) is 7.22. The van der Waals surface area contributed by atoms with Gasteiger partial charge in [-0.2, -0.15) is 0 Å². The van der Waals surface area contributed by atoms with Crippen molar-refractivity contribution in [3.63, 3.8) is 0 Å². The summed E-state index contributed by atoms with van der Waals surface area (Å²) in [4.78, 5) is 23.0. The minimum Gasteiger partial charge on any atom is -0.507 e. The summed E-state index contributed by atoms with van der Waals surface area (Å²) in [6.07, 6.45) is 3.89. The summed E-state index contributed by atoms with van der Waals surface area (Å²) in [7, 11) is 0. The highest BCUT2D eigenvalue weighted by atomic mass is 35.5. The summed E-state index contributed by atoms with van der Waals surface area (Å²) < 4.78 is 5.40. The summed E-state index contributed by atoms with van der Waals surface area (Å²) in [6, 6.07) is 6.30. The third-order valence-electron chi connectivity index (χ3n) is 3.62. The summed E-state index contributed by atoms with van der Waals surface area (Å²) >= 11 is 5.40. The van der Waals surface area contributed by atoms with Crippen LogP contribution < -0.4 is 0 Å². The number of rotatable bonds is 4. The predicted octanol–water partition coefficient (Wildman–Crippen LogP) is 3.43. The second kappa shape index (κ2) is 6.76. The minimum atomic E-state index is -0.520. The van der Waals surface area contributed by atoms with Crippen LogP contribution in [0, 0.1) is 5.92 Å². The van der Waals surface area contributed by atoms with Crippen molar-refractivity contribution < 1.29 is 19.4 Å². The summed E-state index contributed by atoms with van der Waals surface area (Å²) in [5.41, 5.74) is 0.693. The number of allylic oxidation sites excluding steroid dienone is 2. The Morgan fingerprint density at radius 1 is 1.33 bits per heavy atom. The lowest BCUT2D eigenvalue weighted by atomic mass is 10.1. The maximum Gasteiger partial charge on any atom is 0.342 e. The highest BCUT2D eigenvalue weighted by Crippen LogP contribution is 2.31. The van der Waals surface area contributed by atoms with E-state index in [-0.39, 0.29) is 23.3 Å². The number of phenols is 1. The molecule has 5 heteroatoms. The number of halogens is 1. The van der Waals surface area contributed by atoms with Gasteiger partial charge in [-0.15, -0.1) is 0 Å². The Balaban J connectivity index is 1.94. The lowest BCUT2D eigenvalue weighted by Gasteiger charge is -2.12. The van der Waals surface area contributed by atoms with E-state index in [0.29, 0.717) is 12.0 Å². The van der Waals surface area contributed by atoms with E-state index in [0.717, 1.165) is 12.8 Å². The van der Waals surface area contributed by atoms with Gasteiger partial charge in [-0.1, -0.05) is 18.2 Å². The number of benzene rings is 1. The maximum atomic E-state index is 12.0. The molecule has 1 N–H and O–H groups in total. The number of esters is 1. The Kier molecular flexibility index (Phi) is 5.02. The molecule has 1 saturated carbocycles. The molecule has 1 aliphatic rings. The molecule has 2 atom stereocenters. The van der Waals surface area contributed by atoms with E-state index in [4.69, 9.17) is 16.3 Å². The fraction of sp³-hybridized carbons (Fsp3) is 0.375. The van der Waals surface area contributed by atoms with E-state index in [2.05, 4.69) is 0 Å². The first-order valence-electron chi connectivity index (χ1n) is 6.84. The van der Waals surface area contributed by atoms with Crippen molar-refractivity contribution in [1.29, 1.82) is 0 Å². The van der Waals surface area contributed by atoms with Gasteiger partial charge in [0.05, 0.1) is 0 Å². The molecule has 1 aromatic rings. The Bertz CT molecular complexity index is 579. The molecule has 2 unspecified atom stereocenters. The highest BCUT2D eigenvalue weighted by molar-refractivity contribution is 6.67. The van der Waals surface area contributed by atoms with E-state index in [1.807, 2.05) is 6.08 Å². The first-order chi connectivity index (χ1) is 9.97. The van der Waals surface area contributed by atoms with E-state index >= 15 is 0 Å². The first kappa shape index (κ1) is 15.6. The van der Waals surface area contributed by atoms with Crippen LogP contribution in [0.1, 0.15) is 36.5 Å². The van der Waals surface area contributed by atoms with Gasteiger partial charge in [0.1, 0.15) is 17.4 Å². The fourth-order valence-corrected chi connectivity index (χ4v) is 2.57. The minimum absolute atomic E-state index is 0.0828. The Hall–Kier alpha value is -1.81. The summed E-state index contributed by atoms with van der Waals surface area (Å²) in [6.45, 7) is 1.68. The van der Waals surface area contributed by atoms with Crippen molar-refractivity contribution in [3.8, 4) is 5.75 Å². The van der Waals surface area contributed by atoms with Crippen LogP contribution in [0.5, 0.6) is 5.75 Å². The van der Waals surface area contributed by atoms with Crippen LogP contribution >= 0.6 is 11.6 Å². The van der Waals surface area contributed by atoms with Crippen LogP contribution in [0.25, 0.3) is 0 Å². The van der Waals surface area contributed by atoms with Gasteiger partial charge in [0.25, 0.3) is 0 Å². The topological polar surface area (TPSA) is 63.6 Å². The number of phenolic OH excluding ortho intramolecular Hbond substituents is 1. The van der Waals surface area contributed by atoms with E-state index in [1.54, 1.807) is 19.1 Å². The number of hydrogen-bond acceptors (Lipinski definition) is 4. The summed E-state index contributed by atoms with van der Waals surface area (Å²) in [5.74, 6) is -0.414. The maximum absolute atomic E-state index is 12.0. The molecule has 0 aliphatic heterocycles. The zero-order chi connectivity index (χ0) is 15.4. The van der Waals surface area contributed by atoms with Gasteiger partial charge in [-0.25, -0.2) is 4.79 Å². The molecule has 1 fully saturated rings. The van der Waals surface area contributed by atoms with Crippen molar-refractivity contribution in [2.45, 2.75) is 32.3 Å². The molecule has 2 rings (SSSR count). The summed E-state index contributed by atoms with van der Waals surface area (Å²) in [5, 5.41) is 9.17. The molecular weight excluding hydrogens is 292 g/mol. The third kappa shape index (κ3) is 4.08. The van der Waals surface area contributed by atoms with Gasteiger partial charge in [-0.05, 0) is 55.8 Å². The second-order valence-corrected chi connectivity index (χ2v) is 5.58. The van der Waals surface area contributed by atoms with Crippen LogP contribution in [0.2, 0.25) is 0 Å². The molecule has 0 spiro atoms. The molecule has 1 aromatic carbocycles. The largest absolute Gasteiger partial charge is 0.507 e. The normalized spacial score (nSPS) is 22.1. The lowest BCUT2D eigenvalue weighted by molar-refractivity contribution is -0.108. The molecule has 0 amide bonds. The molecule has 0 bridgehead atoms. The van der Waals surface area contributed by atoms with E-state index in [1.165, 1.54) is 12.1 Å². The van der Waals surface area contributed by atoms with Crippen LogP contribution in [0.4, 0.5) is 0 Å². The number of para-hydroxylation sites is 1. The van der Waals surface area contributed by atoms with Crippen molar-refractivity contribution in [3.05, 3.63) is 41.5 Å². The Morgan fingerprint density at radius 3 is 2.71 bits per heavy atom. The molecule has 0 radical (unpaired) electrons. The molecule has 4 nitrogen and oxygen atoms in total. The lowest BCUT2D eigenvalue weighted by Crippen LogP contribution is -2.15.